The van der Waals surface area contributed by atoms with E-state index in [4.69, 9.17) is 4.74 Å². The molecule has 1 aromatic heterocycles. The van der Waals surface area contributed by atoms with Crippen LogP contribution in [0.25, 0.3) is 11.1 Å². The fourth-order valence-corrected chi connectivity index (χ4v) is 3.24. The van der Waals surface area contributed by atoms with Gasteiger partial charge < -0.3 is 10.1 Å². The van der Waals surface area contributed by atoms with Crippen LogP contribution in [0.5, 0.6) is 5.75 Å². The number of nitrogens with zero attached hydrogens (tertiary/aromatic N) is 1. The summed E-state index contributed by atoms with van der Waals surface area (Å²) in [4.78, 5) is 12.0. The van der Waals surface area contributed by atoms with Crippen LogP contribution in [0.2, 0.25) is 0 Å². The first kappa shape index (κ1) is 16.6. The summed E-state index contributed by atoms with van der Waals surface area (Å²) in [6.07, 6.45) is 8.17. The highest BCUT2D eigenvalue weighted by Crippen LogP contribution is 2.25. The van der Waals surface area contributed by atoms with E-state index in [-0.39, 0.29) is 12.5 Å². The first-order valence-corrected chi connectivity index (χ1v) is 8.72. The maximum absolute atomic E-state index is 12.0. The van der Waals surface area contributed by atoms with E-state index in [0.29, 0.717) is 11.7 Å². The zero-order valence-electron chi connectivity index (χ0n) is 14.2. The third kappa shape index (κ3) is 4.37. The Morgan fingerprint density at radius 2 is 2.17 bits per heavy atom. The van der Waals surface area contributed by atoms with E-state index in [1.54, 1.807) is 6.20 Å². The number of aromatic nitrogens is 2. The summed E-state index contributed by atoms with van der Waals surface area (Å²) in [7, 11) is 0. The van der Waals surface area contributed by atoms with Crippen LogP contribution in [0.4, 0.5) is 0 Å². The van der Waals surface area contributed by atoms with Gasteiger partial charge in [-0.25, -0.2) is 0 Å². The summed E-state index contributed by atoms with van der Waals surface area (Å²) in [5.41, 5.74) is 3.08. The summed E-state index contributed by atoms with van der Waals surface area (Å²) in [6.45, 7) is 2.81. The average molecular weight is 327 g/mol. The second-order valence-electron chi connectivity index (χ2n) is 6.53. The summed E-state index contributed by atoms with van der Waals surface area (Å²) < 4.78 is 5.64. The van der Waals surface area contributed by atoms with Crippen LogP contribution >= 0.6 is 0 Å². The van der Waals surface area contributed by atoms with Gasteiger partial charge in [0.05, 0.1) is 6.20 Å². The van der Waals surface area contributed by atoms with E-state index >= 15 is 0 Å². The van der Waals surface area contributed by atoms with Crippen molar-refractivity contribution in [2.24, 2.45) is 5.92 Å². The van der Waals surface area contributed by atoms with Crippen molar-refractivity contribution in [2.45, 2.75) is 39.0 Å². The lowest BCUT2D eigenvalue weighted by Gasteiger charge is -2.21. The standard InChI is InChI=1S/C19H25N3O2/c1-14-18(12-21-22-14)16-8-5-9-17(10-16)24-13-19(23)20-11-15-6-3-2-4-7-15/h5,8-10,12,15H,2-4,6-7,11,13H2,1H3,(H,20,23)(H,21,22). The number of aromatic amines is 1. The first-order chi connectivity index (χ1) is 11.7. The number of nitrogens with one attached hydrogen (secondary N) is 2. The van der Waals surface area contributed by atoms with Crippen molar-refractivity contribution in [1.82, 2.24) is 15.5 Å². The molecule has 3 rings (SSSR count). The molecule has 0 saturated heterocycles. The molecule has 1 amide bonds. The van der Waals surface area contributed by atoms with Crippen LogP contribution in [0, 0.1) is 12.8 Å². The molecule has 1 heterocycles. The van der Waals surface area contributed by atoms with Gasteiger partial charge in [0.25, 0.3) is 5.91 Å². The van der Waals surface area contributed by atoms with Crippen molar-refractivity contribution >= 4 is 5.91 Å². The van der Waals surface area contributed by atoms with Gasteiger partial charge in [-0.2, -0.15) is 5.10 Å². The Hall–Kier alpha value is -2.30. The number of aryl methyl sites for hydroxylation is 1. The largest absolute Gasteiger partial charge is 0.484 e. The number of benzene rings is 1. The smallest absolute Gasteiger partial charge is 0.257 e. The number of ether oxygens (including phenoxy) is 1. The molecule has 1 fully saturated rings. The zero-order chi connectivity index (χ0) is 16.8. The number of rotatable bonds is 6. The Labute approximate surface area is 142 Å². The first-order valence-electron chi connectivity index (χ1n) is 8.72. The number of H-pyrrole nitrogens is 1. The Bertz CT molecular complexity index is 675. The Morgan fingerprint density at radius 1 is 1.33 bits per heavy atom. The molecule has 2 N–H and O–H groups in total. The van der Waals surface area contributed by atoms with E-state index in [2.05, 4.69) is 15.5 Å². The van der Waals surface area contributed by atoms with Crippen LogP contribution in [0.1, 0.15) is 37.8 Å². The van der Waals surface area contributed by atoms with Gasteiger partial charge in [0.1, 0.15) is 5.75 Å². The van der Waals surface area contributed by atoms with Gasteiger partial charge in [-0.1, -0.05) is 31.4 Å². The van der Waals surface area contributed by atoms with E-state index in [0.717, 1.165) is 23.4 Å². The predicted octanol–water partition coefficient (Wildman–Crippen LogP) is 3.46. The number of hydrogen-bond acceptors (Lipinski definition) is 3. The van der Waals surface area contributed by atoms with Crippen LogP contribution in [-0.2, 0) is 4.79 Å². The highest BCUT2D eigenvalue weighted by atomic mass is 16.5. The van der Waals surface area contributed by atoms with Gasteiger partial charge in [-0.3, -0.25) is 9.89 Å². The van der Waals surface area contributed by atoms with Crippen LogP contribution in [-0.4, -0.2) is 29.3 Å². The summed E-state index contributed by atoms with van der Waals surface area (Å²) in [5.74, 6) is 1.28. The minimum Gasteiger partial charge on any atom is -0.484 e. The van der Waals surface area contributed by atoms with Gasteiger partial charge >= 0.3 is 0 Å². The normalized spacial score (nSPS) is 15.2. The third-order valence-corrected chi connectivity index (χ3v) is 4.66. The molecular formula is C19H25N3O2. The lowest BCUT2D eigenvalue weighted by atomic mass is 9.89. The average Bonchev–Trinajstić information content (AvgIpc) is 3.05. The van der Waals surface area contributed by atoms with Gasteiger partial charge in [0, 0.05) is 17.8 Å². The molecule has 2 aromatic rings. The fraction of sp³-hybridized carbons (Fsp3) is 0.474. The highest BCUT2D eigenvalue weighted by molar-refractivity contribution is 5.77. The molecule has 5 nitrogen and oxygen atoms in total. The predicted molar refractivity (Wildman–Crippen MR) is 93.8 cm³/mol. The molecule has 0 unspecified atom stereocenters. The number of hydrogen-bond donors (Lipinski definition) is 2. The van der Waals surface area contributed by atoms with E-state index in [1.165, 1.54) is 32.1 Å². The van der Waals surface area contributed by atoms with Crippen molar-refractivity contribution in [2.75, 3.05) is 13.2 Å². The second-order valence-corrected chi connectivity index (χ2v) is 6.53. The molecule has 1 aromatic carbocycles. The van der Waals surface area contributed by atoms with Crippen molar-refractivity contribution in [1.29, 1.82) is 0 Å². The van der Waals surface area contributed by atoms with Gasteiger partial charge in [0.15, 0.2) is 6.61 Å². The molecule has 0 aliphatic heterocycles. The summed E-state index contributed by atoms with van der Waals surface area (Å²) >= 11 is 0. The number of carbonyl (C=O) groups excluding carboxylic acids is 1. The Morgan fingerprint density at radius 3 is 2.92 bits per heavy atom. The molecule has 0 bridgehead atoms. The third-order valence-electron chi connectivity index (χ3n) is 4.66. The number of carbonyl (C=O) groups is 1. The van der Waals surface area contributed by atoms with Crippen LogP contribution < -0.4 is 10.1 Å². The van der Waals surface area contributed by atoms with Crippen LogP contribution in [0.3, 0.4) is 0 Å². The quantitative estimate of drug-likeness (QED) is 0.854. The molecule has 1 aliphatic carbocycles. The van der Waals surface area contributed by atoms with E-state index < -0.39 is 0 Å². The Balaban J connectivity index is 1.49. The molecule has 1 saturated carbocycles. The Kier molecular flexibility index (Phi) is 5.51. The minimum atomic E-state index is -0.0505. The molecule has 0 spiro atoms. The minimum absolute atomic E-state index is 0.0505. The van der Waals surface area contributed by atoms with Crippen molar-refractivity contribution in [3.05, 3.63) is 36.2 Å². The summed E-state index contributed by atoms with van der Waals surface area (Å²) in [6, 6.07) is 7.74. The van der Waals surface area contributed by atoms with Crippen LogP contribution in [0.15, 0.2) is 30.5 Å². The summed E-state index contributed by atoms with van der Waals surface area (Å²) in [5, 5.41) is 9.97. The SMILES string of the molecule is Cc1[nH]ncc1-c1cccc(OCC(=O)NCC2CCCCC2)c1. The molecular weight excluding hydrogens is 302 g/mol. The lowest BCUT2D eigenvalue weighted by Crippen LogP contribution is -2.33. The van der Waals surface area contributed by atoms with Crippen molar-refractivity contribution in [3.8, 4) is 16.9 Å². The highest BCUT2D eigenvalue weighted by Gasteiger charge is 2.14. The second kappa shape index (κ2) is 7.99. The maximum atomic E-state index is 12.0. The van der Waals surface area contributed by atoms with E-state index in [9.17, 15) is 4.79 Å². The topological polar surface area (TPSA) is 67.0 Å². The molecule has 128 valence electrons. The molecule has 1 aliphatic rings. The molecule has 0 atom stereocenters. The number of amides is 1. The molecule has 5 heteroatoms. The lowest BCUT2D eigenvalue weighted by molar-refractivity contribution is -0.123. The van der Waals surface area contributed by atoms with Gasteiger partial charge in [-0.05, 0) is 43.4 Å². The zero-order valence-corrected chi connectivity index (χ0v) is 14.2. The van der Waals surface area contributed by atoms with Crippen molar-refractivity contribution < 1.29 is 9.53 Å². The van der Waals surface area contributed by atoms with Gasteiger partial charge in [0.2, 0.25) is 0 Å². The maximum Gasteiger partial charge on any atom is 0.257 e. The van der Waals surface area contributed by atoms with Crippen molar-refractivity contribution in [3.63, 3.8) is 0 Å². The monoisotopic (exact) mass is 327 g/mol. The fourth-order valence-electron chi connectivity index (χ4n) is 3.24. The van der Waals surface area contributed by atoms with Gasteiger partial charge in [-0.15, -0.1) is 0 Å². The molecule has 24 heavy (non-hydrogen) atoms. The molecule has 0 radical (unpaired) electrons. The van der Waals surface area contributed by atoms with E-state index in [1.807, 2.05) is 31.2 Å².